The lowest BCUT2D eigenvalue weighted by Crippen LogP contribution is -2.42. The molecular weight excluding hydrogens is 230 g/mol. The molecule has 1 saturated carbocycles. The smallest absolute Gasteiger partial charge is 0.263 e. The van der Waals surface area contributed by atoms with E-state index < -0.39 is 0 Å². The van der Waals surface area contributed by atoms with Crippen LogP contribution in [0, 0.1) is 6.92 Å². The summed E-state index contributed by atoms with van der Waals surface area (Å²) >= 11 is 0. The summed E-state index contributed by atoms with van der Waals surface area (Å²) in [6.45, 7) is 1.89. The summed E-state index contributed by atoms with van der Waals surface area (Å²) in [6.07, 6.45) is 6.06. The minimum Gasteiger partial charge on any atom is -0.365 e. The van der Waals surface area contributed by atoms with E-state index in [1.165, 1.54) is 19.2 Å². The van der Waals surface area contributed by atoms with Crippen molar-refractivity contribution in [3.63, 3.8) is 0 Å². The van der Waals surface area contributed by atoms with E-state index in [1.54, 1.807) is 0 Å². The summed E-state index contributed by atoms with van der Waals surface area (Å²) < 4.78 is 5.13. The van der Waals surface area contributed by atoms with Gasteiger partial charge in [0.2, 0.25) is 0 Å². The highest BCUT2D eigenvalue weighted by atomic mass is 16.5. The quantitative estimate of drug-likeness (QED) is 0.838. The first kappa shape index (κ1) is 11.4. The van der Waals surface area contributed by atoms with E-state index in [0.717, 1.165) is 29.7 Å². The van der Waals surface area contributed by atoms with E-state index in [9.17, 15) is 0 Å². The minimum absolute atomic E-state index is 0.184. The molecule has 3 rings (SSSR count). The molecule has 3 N–H and O–H groups in total. The van der Waals surface area contributed by atoms with E-state index in [4.69, 9.17) is 10.3 Å². The van der Waals surface area contributed by atoms with Crippen molar-refractivity contribution >= 4 is 16.9 Å². The highest BCUT2D eigenvalue weighted by molar-refractivity contribution is 5.87. The van der Waals surface area contributed by atoms with Gasteiger partial charge in [0, 0.05) is 12.1 Å². The molecule has 1 fully saturated rings. The van der Waals surface area contributed by atoms with Crippen molar-refractivity contribution in [3.05, 3.63) is 12.0 Å². The first-order valence-electron chi connectivity index (χ1n) is 6.35. The number of nitrogens with two attached hydrogens (primary N) is 1. The van der Waals surface area contributed by atoms with E-state index in [-0.39, 0.29) is 12.1 Å². The monoisotopic (exact) mass is 247 g/mol. The summed E-state index contributed by atoms with van der Waals surface area (Å²) in [5.41, 5.74) is 7.47. The maximum atomic E-state index is 6.14. The van der Waals surface area contributed by atoms with Gasteiger partial charge in [0.1, 0.15) is 17.5 Å². The molecule has 2 aromatic rings. The molecule has 0 amide bonds. The number of rotatable bonds is 2. The van der Waals surface area contributed by atoms with Crippen LogP contribution < -0.4 is 11.1 Å². The summed E-state index contributed by atoms with van der Waals surface area (Å²) in [5.74, 6) is 0.779. The third-order valence-electron chi connectivity index (χ3n) is 3.58. The Morgan fingerprint density at radius 3 is 3.00 bits per heavy atom. The maximum absolute atomic E-state index is 6.14. The van der Waals surface area contributed by atoms with Crippen LogP contribution >= 0.6 is 0 Å². The lowest BCUT2D eigenvalue weighted by molar-refractivity contribution is 0.403. The standard InChI is InChI=1S/C12H17N5O/c1-7-10-11(14-6-15-12(10)18-17-7)16-9-5-3-2-4-8(9)13/h6,8-9H,2-5,13H2,1H3,(H,14,15,16)/t8-,9-/m1/s1. The van der Waals surface area contributed by atoms with Crippen LogP contribution in [-0.4, -0.2) is 27.2 Å². The van der Waals surface area contributed by atoms with Crippen molar-refractivity contribution in [3.8, 4) is 0 Å². The van der Waals surface area contributed by atoms with Crippen LogP contribution in [0.3, 0.4) is 0 Å². The number of aromatic nitrogens is 3. The fourth-order valence-corrected chi connectivity index (χ4v) is 2.55. The lowest BCUT2D eigenvalue weighted by Gasteiger charge is -2.29. The van der Waals surface area contributed by atoms with Crippen LogP contribution in [-0.2, 0) is 0 Å². The molecular formula is C12H17N5O. The van der Waals surface area contributed by atoms with Gasteiger partial charge in [-0.1, -0.05) is 18.0 Å². The Labute approximate surface area is 105 Å². The van der Waals surface area contributed by atoms with Gasteiger partial charge in [-0.05, 0) is 19.8 Å². The highest BCUT2D eigenvalue weighted by Gasteiger charge is 2.23. The van der Waals surface area contributed by atoms with E-state index in [0.29, 0.717) is 5.71 Å². The molecule has 96 valence electrons. The third-order valence-corrected chi connectivity index (χ3v) is 3.58. The van der Waals surface area contributed by atoms with Crippen LogP contribution in [0.1, 0.15) is 31.4 Å². The average molecular weight is 247 g/mol. The van der Waals surface area contributed by atoms with Gasteiger partial charge in [-0.2, -0.15) is 4.98 Å². The Morgan fingerprint density at radius 2 is 2.17 bits per heavy atom. The van der Waals surface area contributed by atoms with Gasteiger partial charge in [-0.3, -0.25) is 0 Å². The first-order valence-corrected chi connectivity index (χ1v) is 6.35. The van der Waals surface area contributed by atoms with E-state index in [1.807, 2.05) is 6.92 Å². The Hall–Kier alpha value is -1.69. The molecule has 6 heteroatoms. The molecule has 18 heavy (non-hydrogen) atoms. The van der Waals surface area contributed by atoms with Crippen LogP contribution in [0.5, 0.6) is 0 Å². The van der Waals surface area contributed by atoms with E-state index in [2.05, 4.69) is 20.4 Å². The van der Waals surface area contributed by atoms with Crippen LogP contribution in [0.2, 0.25) is 0 Å². The first-order chi connectivity index (χ1) is 8.75. The van der Waals surface area contributed by atoms with Crippen molar-refractivity contribution in [1.29, 1.82) is 0 Å². The fourth-order valence-electron chi connectivity index (χ4n) is 2.55. The molecule has 0 unspecified atom stereocenters. The van der Waals surface area contributed by atoms with Gasteiger partial charge < -0.3 is 15.6 Å². The van der Waals surface area contributed by atoms with Gasteiger partial charge in [0.15, 0.2) is 0 Å². The topological polar surface area (TPSA) is 89.9 Å². The SMILES string of the molecule is Cc1noc2ncnc(N[C@@H]3CCCC[C@H]3N)c12. The van der Waals surface area contributed by atoms with Gasteiger partial charge in [-0.25, -0.2) is 4.98 Å². The van der Waals surface area contributed by atoms with Crippen molar-refractivity contribution in [1.82, 2.24) is 15.1 Å². The molecule has 0 saturated heterocycles. The second kappa shape index (κ2) is 4.53. The molecule has 0 spiro atoms. The summed E-state index contributed by atoms with van der Waals surface area (Å²) in [4.78, 5) is 8.35. The molecule has 2 atom stereocenters. The Bertz CT molecular complexity index is 552. The Morgan fingerprint density at radius 1 is 1.33 bits per heavy atom. The Balaban J connectivity index is 1.92. The van der Waals surface area contributed by atoms with Crippen LogP contribution in [0.15, 0.2) is 10.9 Å². The number of hydrogen-bond acceptors (Lipinski definition) is 6. The molecule has 0 aliphatic heterocycles. The molecule has 6 nitrogen and oxygen atoms in total. The van der Waals surface area contributed by atoms with Crippen molar-refractivity contribution in [2.24, 2.45) is 5.73 Å². The normalized spacial score (nSPS) is 24.3. The Kier molecular flexibility index (Phi) is 2.87. The number of nitrogens with one attached hydrogen (secondary N) is 1. The minimum atomic E-state index is 0.184. The molecule has 0 bridgehead atoms. The number of hydrogen-bond donors (Lipinski definition) is 2. The summed E-state index contributed by atoms with van der Waals surface area (Å²) in [6, 6.07) is 0.454. The molecule has 0 aromatic carbocycles. The van der Waals surface area contributed by atoms with Crippen molar-refractivity contribution < 1.29 is 4.52 Å². The fraction of sp³-hybridized carbons (Fsp3) is 0.583. The largest absolute Gasteiger partial charge is 0.365 e. The van der Waals surface area contributed by atoms with Crippen molar-refractivity contribution in [2.75, 3.05) is 5.32 Å². The zero-order valence-corrected chi connectivity index (χ0v) is 10.4. The highest BCUT2D eigenvalue weighted by Crippen LogP contribution is 2.26. The second-order valence-corrected chi connectivity index (χ2v) is 4.87. The van der Waals surface area contributed by atoms with Gasteiger partial charge >= 0.3 is 0 Å². The van der Waals surface area contributed by atoms with E-state index >= 15 is 0 Å². The van der Waals surface area contributed by atoms with Crippen LogP contribution in [0.4, 0.5) is 5.82 Å². The van der Waals surface area contributed by atoms with Gasteiger partial charge in [-0.15, -0.1) is 0 Å². The second-order valence-electron chi connectivity index (χ2n) is 4.87. The predicted octanol–water partition coefficient (Wildman–Crippen LogP) is 1.61. The van der Waals surface area contributed by atoms with Crippen molar-refractivity contribution in [2.45, 2.75) is 44.7 Å². The van der Waals surface area contributed by atoms with Gasteiger partial charge in [0.25, 0.3) is 5.71 Å². The third kappa shape index (κ3) is 1.92. The van der Waals surface area contributed by atoms with Crippen LogP contribution in [0.25, 0.3) is 11.1 Å². The lowest BCUT2D eigenvalue weighted by atomic mass is 9.91. The molecule has 2 heterocycles. The molecule has 1 aliphatic rings. The maximum Gasteiger partial charge on any atom is 0.263 e. The molecule has 1 aliphatic carbocycles. The van der Waals surface area contributed by atoms with Gasteiger partial charge in [0.05, 0.1) is 5.69 Å². The summed E-state index contributed by atoms with van der Waals surface area (Å²) in [7, 11) is 0. The summed E-state index contributed by atoms with van der Waals surface area (Å²) in [5, 5.41) is 8.20. The predicted molar refractivity (Wildman–Crippen MR) is 68.2 cm³/mol. The molecule has 0 radical (unpaired) electrons. The zero-order valence-electron chi connectivity index (χ0n) is 10.4. The zero-order chi connectivity index (χ0) is 12.5. The number of anilines is 1. The number of aryl methyl sites for hydroxylation is 1. The number of fused-ring (bicyclic) bond motifs is 1. The average Bonchev–Trinajstić information content (AvgIpc) is 2.75. The number of nitrogens with zero attached hydrogens (tertiary/aromatic N) is 3. The molecule has 2 aromatic heterocycles.